The minimum Gasteiger partial charge on any atom is -0.360 e. The maximum atomic E-state index is 13.3. The largest absolute Gasteiger partial charge is 0.360 e. The van der Waals surface area contributed by atoms with Crippen LogP contribution < -0.4 is 0 Å². The molecule has 1 amide bonds. The average Bonchev–Trinajstić information content (AvgIpc) is 2.36. The van der Waals surface area contributed by atoms with E-state index in [2.05, 4.69) is 4.99 Å². The van der Waals surface area contributed by atoms with Gasteiger partial charge in [0, 0.05) is 20.0 Å². The zero-order valence-electron chi connectivity index (χ0n) is 16.1. The van der Waals surface area contributed by atoms with E-state index in [1.54, 1.807) is 27.7 Å². The summed E-state index contributed by atoms with van der Waals surface area (Å²) in [5, 5.41) is 0. The van der Waals surface area contributed by atoms with Gasteiger partial charge in [-0.2, -0.15) is 4.99 Å². The van der Waals surface area contributed by atoms with Gasteiger partial charge < -0.3 is 9.42 Å². The monoisotopic (exact) mass is 362 g/mol. The molecule has 0 aromatic carbocycles. The minimum atomic E-state index is -3.69. The van der Waals surface area contributed by atoms with E-state index in [4.69, 9.17) is 9.05 Å². The maximum absolute atomic E-state index is 13.3. The molecule has 0 spiro atoms. The summed E-state index contributed by atoms with van der Waals surface area (Å²) in [5.74, 6) is -0.308. The number of Topliss-reactive ketones (excluding diaryl/α,β-unsaturated/α-hetero) is 1. The van der Waals surface area contributed by atoms with Crippen LogP contribution in [0.15, 0.2) is 4.99 Å². The third-order valence-electron chi connectivity index (χ3n) is 3.34. The van der Waals surface area contributed by atoms with Crippen LogP contribution in [-0.4, -0.2) is 53.4 Å². The second kappa shape index (κ2) is 9.44. The molecule has 1 atom stereocenters. The molecule has 0 heterocycles. The lowest BCUT2D eigenvalue weighted by Crippen LogP contribution is -2.37. The standard InChI is InChI=1S/C16H31N2O5P/c1-9-18(10-2)15(17-14(6)20)11-24(21,22-12(3)4)23-16(7,8)13(5)19/h12H,9-11H2,1-8H3. The van der Waals surface area contributed by atoms with Crippen molar-refractivity contribution in [1.82, 2.24) is 4.90 Å². The molecule has 0 rings (SSSR count). The Morgan fingerprint density at radius 2 is 1.67 bits per heavy atom. The van der Waals surface area contributed by atoms with Gasteiger partial charge in [0.25, 0.3) is 0 Å². The summed E-state index contributed by atoms with van der Waals surface area (Å²) >= 11 is 0. The number of hydrogen-bond acceptors (Lipinski definition) is 5. The van der Waals surface area contributed by atoms with Gasteiger partial charge >= 0.3 is 7.60 Å². The number of amides is 1. The van der Waals surface area contributed by atoms with E-state index >= 15 is 0 Å². The molecule has 24 heavy (non-hydrogen) atoms. The van der Waals surface area contributed by atoms with Crippen molar-refractivity contribution in [2.75, 3.05) is 19.3 Å². The highest BCUT2D eigenvalue weighted by Crippen LogP contribution is 2.53. The SMILES string of the molecule is CCN(CC)C(CP(=O)(OC(C)C)OC(C)(C)C(C)=O)=NC(C)=O. The summed E-state index contributed by atoms with van der Waals surface area (Å²) in [6.07, 6.45) is -0.530. The predicted molar refractivity (Wildman–Crippen MR) is 95.6 cm³/mol. The summed E-state index contributed by atoms with van der Waals surface area (Å²) in [4.78, 5) is 29.0. The van der Waals surface area contributed by atoms with Gasteiger partial charge in [0.15, 0.2) is 5.78 Å². The van der Waals surface area contributed by atoms with Gasteiger partial charge in [0.2, 0.25) is 5.91 Å². The summed E-state index contributed by atoms with van der Waals surface area (Å²) < 4.78 is 24.4. The normalized spacial score (nSPS) is 15.3. The highest BCUT2D eigenvalue weighted by Gasteiger charge is 2.39. The van der Waals surface area contributed by atoms with E-state index < -0.39 is 13.2 Å². The molecule has 0 fully saturated rings. The second-order valence-corrected chi connectivity index (χ2v) is 8.23. The number of rotatable bonds is 9. The first-order chi connectivity index (χ1) is 10.9. The fraction of sp³-hybridized carbons (Fsp3) is 0.812. The van der Waals surface area contributed by atoms with Crippen molar-refractivity contribution >= 4 is 25.1 Å². The van der Waals surface area contributed by atoms with Crippen molar-refractivity contribution in [3.05, 3.63) is 0 Å². The Bertz CT molecular complexity index is 525. The number of carbonyl (C=O) groups is 2. The van der Waals surface area contributed by atoms with E-state index in [1.807, 2.05) is 18.7 Å². The lowest BCUT2D eigenvalue weighted by molar-refractivity contribution is -0.130. The number of amidine groups is 1. The molecule has 8 heteroatoms. The number of nitrogens with zero attached hydrogens (tertiary/aromatic N) is 2. The Morgan fingerprint density at radius 3 is 2.00 bits per heavy atom. The highest BCUT2D eigenvalue weighted by molar-refractivity contribution is 7.55. The van der Waals surface area contributed by atoms with Crippen molar-refractivity contribution in [2.24, 2.45) is 4.99 Å². The Labute approximate surface area is 145 Å². The van der Waals surface area contributed by atoms with Gasteiger partial charge in [-0.25, -0.2) is 0 Å². The van der Waals surface area contributed by atoms with Gasteiger partial charge in [-0.05, 0) is 48.5 Å². The summed E-state index contributed by atoms with van der Waals surface area (Å²) in [5.41, 5.74) is -1.25. The molecular weight excluding hydrogens is 331 g/mol. The van der Waals surface area contributed by atoms with Crippen molar-refractivity contribution in [3.8, 4) is 0 Å². The average molecular weight is 362 g/mol. The lowest BCUT2D eigenvalue weighted by atomic mass is 10.1. The Balaban J connectivity index is 5.76. The maximum Gasteiger partial charge on any atom is 0.339 e. The molecule has 0 aliphatic carbocycles. The molecular formula is C16H31N2O5P. The molecule has 0 saturated carbocycles. The Morgan fingerprint density at radius 1 is 1.17 bits per heavy atom. The summed E-state index contributed by atoms with van der Waals surface area (Å²) in [7, 11) is -3.69. The van der Waals surface area contributed by atoms with Gasteiger partial charge in [0.1, 0.15) is 17.6 Å². The predicted octanol–water partition coefficient (Wildman–Crippen LogP) is 3.28. The van der Waals surface area contributed by atoms with Crippen LogP contribution >= 0.6 is 7.60 Å². The van der Waals surface area contributed by atoms with E-state index in [-0.39, 0.29) is 24.0 Å². The van der Waals surface area contributed by atoms with Crippen molar-refractivity contribution in [2.45, 2.75) is 67.1 Å². The van der Waals surface area contributed by atoms with Gasteiger partial charge in [-0.15, -0.1) is 0 Å². The number of carbonyl (C=O) groups excluding carboxylic acids is 2. The molecule has 1 unspecified atom stereocenters. The quantitative estimate of drug-likeness (QED) is 0.355. The number of hydrogen-bond donors (Lipinski definition) is 0. The van der Waals surface area contributed by atoms with Crippen LogP contribution in [0.4, 0.5) is 0 Å². The Kier molecular flexibility index (Phi) is 9.04. The second-order valence-electron chi connectivity index (χ2n) is 6.30. The van der Waals surface area contributed by atoms with Crippen molar-refractivity contribution in [3.63, 3.8) is 0 Å². The topological polar surface area (TPSA) is 85.3 Å². The fourth-order valence-corrected chi connectivity index (χ4v) is 4.24. The molecule has 0 aliphatic heterocycles. The van der Waals surface area contributed by atoms with Gasteiger partial charge in [-0.3, -0.25) is 18.7 Å². The molecule has 0 bridgehead atoms. The van der Waals surface area contributed by atoms with Crippen LogP contribution in [0.5, 0.6) is 0 Å². The van der Waals surface area contributed by atoms with Crippen LogP contribution in [0, 0.1) is 0 Å². The fourth-order valence-electron chi connectivity index (χ4n) is 1.97. The van der Waals surface area contributed by atoms with Crippen molar-refractivity contribution in [1.29, 1.82) is 0 Å². The van der Waals surface area contributed by atoms with Gasteiger partial charge in [-0.1, -0.05) is 0 Å². The molecule has 0 aliphatic rings. The molecule has 0 N–H and O–H groups in total. The Hall–Kier alpha value is -1.04. The van der Waals surface area contributed by atoms with Crippen LogP contribution in [0.1, 0.15) is 55.4 Å². The van der Waals surface area contributed by atoms with Crippen LogP contribution in [0.3, 0.4) is 0 Å². The molecule has 7 nitrogen and oxygen atoms in total. The smallest absolute Gasteiger partial charge is 0.339 e. The molecule has 0 aromatic rings. The summed E-state index contributed by atoms with van der Waals surface area (Å²) in [6.45, 7) is 14.3. The van der Waals surface area contributed by atoms with Crippen LogP contribution in [0.25, 0.3) is 0 Å². The van der Waals surface area contributed by atoms with Crippen LogP contribution in [-0.2, 0) is 23.2 Å². The minimum absolute atomic E-state index is 0.164. The highest BCUT2D eigenvalue weighted by atomic mass is 31.2. The van der Waals surface area contributed by atoms with Crippen LogP contribution in [0.2, 0.25) is 0 Å². The molecule has 0 aromatic heterocycles. The van der Waals surface area contributed by atoms with Crippen molar-refractivity contribution < 1.29 is 23.2 Å². The van der Waals surface area contributed by atoms with E-state index in [0.29, 0.717) is 18.9 Å². The van der Waals surface area contributed by atoms with E-state index in [1.165, 1.54) is 13.8 Å². The lowest BCUT2D eigenvalue weighted by Gasteiger charge is -2.31. The molecule has 140 valence electrons. The van der Waals surface area contributed by atoms with E-state index in [0.717, 1.165) is 0 Å². The molecule has 0 radical (unpaired) electrons. The first-order valence-corrected chi connectivity index (χ1v) is 9.92. The zero-order chi connectivity index (χ0) is 19.1. The molecule has 0 saturated heterocycles. The van der Waals surface area contributed by atoms with Gasteiger partial charge in [0.05, 0.1) is 6.10 Å². The summed E-state index contributed by atoms with van der Waals surface area (Å²) in [6, 6.07) is 0. The van der Waals surface area contributed by atoms with E-state index in [9.17, 15) is 14.2 Å². The number of ketones is 1. The first-order valence-electron chi connectivity index (χ1n) is 8.19. The zero-order valence-corrected chi connectivity index (χ0v) is 17.0. The first kappa shape index (κ1) is 23.0. The third-order valence-corrected chi connectivity index (χ3v) is 5.48. The number of aliphatic imine (C=N–C) groups is 1. The third kappa shape index (κ3) is 7.69.